The minimum atomic E-state index is -3.59. The van der Waals surface area contributed by atoms with Crippen LogP contribution < -0.4 is 0 Å². The van der Waals surface area contributed by atoms with Gasteiger partial charge in [-0.05, 0) is 50.1 Å². The molecular formula is C23H26N2O4S. The van der Waals surface area contributed by atoms with Crippen molar-refractivity contribution in [2.75, 3.05) is 20.1 Å². The van der Waals surface area contributed by atoms with Crippen molar-refractivity contribution in [3.05, 3.63) is 65.9 Å². The average Bonchev–Trinajstić information content (AvgIpc) is 3.22. The van der Waals surface area contributed by atoms with Gasteiger partial charge < -0.3 is 9.32 Å². The van der Waals surface area contributed by atoms with Gasteiger partial charge in [0.1, 0.15) is 11.3 Å². The number of hydrogen-bond acceptors (Lipinski definition) is 4. The molecule has 1 fully saturated rings. The molecule has 0 N–H and O–H groups in total. The van der Waals surface area contributed by atoms with Gasteiger partial charge in [-0.1, -0.05) is 30.7 Å². The zero-order valence-corrected chi connectivity index (χ0v) is 18.1. The van der Waals surface area contributed by atoms with Crippen LogP contribution in [0.2, 0.25) is 0 Å². The Morgan fingerprint density at radius 2 is 1.77 bits per heavy atom. The maximum Gasteiger partial charge on any atom is 0.254 e. The molecule has 0 spiro atoms. The molecular weight excluding hydrogens is 400 g/mol. The summed E-state index contributed by atoms with van der Waals surface area (Å²) in [6, 6.07) is 15.7. The topological polar surface area (TPSA) is 70.8 Å². The number of amides is 1. The van der Waals surface area contributed by atoms with Gasteiger partial charge in [0, 0.05) is 31.1 Å². The molecule has 1 atom stereocenters. The smallest absolute Gasteiger partial charge is 0.254 e. The summed E-state index contributed by atoms with van der Waals surface area (Å²) in [6.07, 6.45) is 2.79. The number of piperidine rings is 1. The number of carbonyl (C=O) groups excluding carboxylic acids is 1. The third kappa shape index (κ3) is 3.87. The van der Waals surface area contributed by atoms with Crippen molar-refractivity contribution in [1.82, 2.24) is 9.21 Å². The van der Waals surface area contributed by atoms with Gasteiger partial charge in [-0.3, -0.25) is 4.79 Å². The average molecular weight is 427 g/mol. The molecule has 4 rings (SSSR count). The van der Waals surface area contributed by atoms with Gasteiger partial charge in [-0.2, -0.15) is 4.31 Å². The first kappa shape index (κ1) is 20.6. The lowest BCUT2D eigenvalue weighted by Gasteiger charge is -2.26. The highest BCUT2D eigenvalue weighted by atomic mass is 32.2. The first-order chi connectivity index (χ1) is 14.4. The third-order valence-electron chi connectivity index (χ3n) is 5.79. The van der Waals surface area contributed by atoms with Gasteiger partial charge in [-0.15, -0.1) is 0 Å². The van der Waals surface area contributed by atoms with E-state index in [4.69, 9.17) is 4.42 Å². The maximum atomic E-state index is 13.1. The minimum Gasteiger partial charge on any atom is -0.459 e. The van der Waals surface area contributed by atoms with E-state index in [9.17, 15) is 13.2 Å². The molecule has 1 aliphatic rings. The van der Waals surface area contributed by atoms with Crippen LogP contribution in [0.4, 0.5) is 0 Å². The number of benzene rings is 2. The highest BCUT2D eigenvalue weighted by Crippen LogP contribution is 2.28. The summed E-state index contributed by atoms with van der Waals surface area (Å²) in [7, 11) is -1.89. The van der Waals surface area contributed by atoms with Crippen LogP contribution in [0.15, 0.2) is 63.9 Å². The van der Waals surface area contributed by atoms with Crippen LogP contribution in [0.1, 0.15) is 48.3 Å². The Morgan fingerprint density at radius 1 is 1.03 bits per heavy atom. The highest BCUT2D eigenvalue weighted by molar-refractivity contribution is 7.89. The molecule has 1 aromatic heterocycles. The molecule has 0 radical (unpaired) electrons. The Balaban J connectivity index is 1.57. The molecule has 0 bridgehead atoms. The summed E-state index contributed by atoms with van der Waals surface area (Å²) >= 11 is 0. The van der Waals surface area contributed by atoms with Gasteiger partial charge in [0.05, 0.1) is 10.9 Å². The van der Waals surface area contributed by atoms with E-state index in [1.807, 2.05) is 37.3 Å². The van der Waals surface area contributed by atoms with Crippen LogP contribution in [0.3, 0.4) is 0 Å². The highest BCUT2D eigenvalue weighted by Gasteiger charge is 2.28. The van der Waals surface area contributed by atoms with E-state index in [1.54, 1.807) is 30.1 Å². The second kappa shape index (κ2) is 8.24. The van der Waals surface area contributed by atoms with Crippen molar-refractivity contribution < 1.29 is 17.6 Å². The van der Waals surface area contributed by atoms with Crippen molar-refractivity contribution in [2.45, 2.75) is 37.1 Å². The molecule has 1 aliphatic heterocycles. The van der Waals surface area contributed by atoms with E-state index in [-0.39, 0.29) is 16.8 Å². The fraction of sp³-hybridized carbons (Fsp3) is 0.348. The number of fused-ring (bicyclic) bond motifs is 1. The second-order valence-electron chi connectivity index (χ2n) is 7.77. The van der Waals surface area contributed by atoms with Crippen LogP contribution in [0, 0.1) is 0 Å². The molecule has 158 valence electrons. The molecule has 1 saturated heterocycles. The second-order valence-corrected chi connectivity index (χ2v) is 9.71. The van der Waals surface area contributed by atoms with Crippen LogP contribution >= 0.6 is 0 Å². The fourth-order valence-corrected chi connectivity index (χ4v) is 5.39. The zero-order valence-electron chi connectivity index (χ0n) is 17.2. The van der Waals surface area contributed by atoms with Crippen molar-refractivity contribution in [3.63, 3.8) is 0 Å². The standard InChI is InChI=1S/C23H26N2O4S/c1-17(22-16-18-9-4-5-12-21(18)29-22)24(2)23(26)19-10-8-11-20(15-19)30(27,28)25-13-6-3-7-14-25/h4-5,8-12,15-17H,3,6-7,13-14H2,1-2H3. The normalized spacial score (nSPS) is 16.5. The molecule has 7 heteroatoms. The molecule has 0 aliphatic carbocycles. The van der Waals surface area contributed by atoms with Gasteiger partial charge in [0.25, 0.3) is 5.91 Å². The van der Waals surface area contributed by atoms with Gasteiger partial charge in [0.15, 0.2) is 0 Å². The van der Waals surface area contributed by atoms with Crippen LogP contribution in [0.25, 0.3) is 11.0 Å². The number of sulfonamides is 1. The maximum absolute atomic E-state index is 13.1. The number of carbonyl (C=O) groups is 1. The summed E-state index contributed by atoms with van der Waals surface area (Å²) in [4.78, 5) is 14.8. The SMILES string of the molecule is CC(c1cc2ccccc2o1)N(C)C(=O)c1cccc(S(=O)(=O)N2CCCCC2)c1. The van der Waals surface area contributed by atoms with Gasteiger partial charge in [0.2, 0.25) is 10.0 Å². The summed E-state index contributed by atoms with van der Waals surface area (Å²) in [6.45, 7) is 2.96. The van der Waals surface area contributed by atoms with E-state index >= 15 is 0 Å². The van der Waals surface area contributed by atoms with E-state index < -0.39 is 10.0 Å². The lowest BCUT2D eigenvalue weighted by atomic mass is 10.1. The summed E-state index contributed by atoms with van der Waals surface area (Å²) < 4.78 is 33.4. The number of furan rings is 1. The Kier molecular flexibility index (Phi) is 5.66. The molecule has 1 unspecified atom stereocenters. The predicted octanol–water partition coefficient (Wildman–Crippen LogP) is 4.44. The largest absolute Gasteiger partial charge is 0.459 e. The lowest BCUT2D eigenvalue weighted by molar-refractivity contribution is 0.0727. The number of hydrogen-bond donors (Lipinski definition) is 0. The lowest BCUT2D eigenvalue weighted by Crippen LogP contribution is -2.35. The quantitative estimate of drug-likeness (QED) is 0.605. The van der Waals surface area contributed by atoms with Crippen LogP contribution in [-0.4, -0.2) is 43.7 Å². The van der Waals surface area contributed by atoms with E-state index in [0.29, 0.717) is 24.4 Å². The van der Waals surface area contributed by atoms with Crippen molar-refractivity contribution in [1.29, 1.82) is 0 Å². The van der Waals surface area contributed by atoms with Gasteiger partial charge in [-0.25, -0.2) is 8.42 Å². The third-order valence-corrected chi connectivity index (χ3v) is 7.69. The molecule has 2 heterocycles. The van der Waals surface area contributed by atoms with E-state index in [0.717, 1.165) is 30.2 Å². The van der Waals surface area contributed by atoms with E-state index in [2.05, 4.69) is 0 Å². The Bertz CT molecular complexity index is 1130. The first-order valence-electron chi connectivity index (χ1n) is 10.2. The molecule has 2 aromatic carbocycles. The zero-order chi connectivity index (χ0) is 21.3. The van der Waals surface area contributed by atoms with Crippen molar-refractivity contribution >= 4 is 26.9 Å². The van der Waals surface area contributed by atoms with Crippen LogP contribution in [0.5, 0.6) is 0 Å². The molecule has 3 aromatic rings. The van der Waals surface area contributed by atoms with Crippen molar-refractivity contribution in [2.24, 2.45) is 0 Å². The molecule has 6 nitrogen and oxygen atoms in total. The molecule has 30 heavy (non-hydrogen) atoms. The first-order valence-corrected chi connectivity index (χ1v) is 11.7. The van der Waals surface area contributed by atoms with Crippen molar-refractivity contribution in [3.8, 4) is 0 Å². The number of rotatable bonds is 5. The number of nitrogens with zero attached hydrogens (tertiary/aromatic N) is 2. The predicted molar refractivity (Wildman–Crippen MR) is 116 cm³/mol. The monoisotopic (exact) mass is 426 g/mol. The minimum absolute atomic E-state index is 0.167. The Morgan fingerprint density at radius 3 is 2.50 bits per heavy atom. The Hall–Kier alpha value is -2.64. The van der Waals surface area contributed by atoms with Gasteiger partial charge >= 0.3 is 0 Å². The molecule has 0 saturated carbocycles. The van der Waals surface area contributed by atoms with E-state index in [1.165, 1.54) is 10.4 Å². The number of para-hydroxylation sites is 1. The summed E-state index contributed by atoms with van der Waals surface area (Å²) in [5.41, 5.74) is 1.12. The fourth-order valence-electron chi connectivity index (χ4n) is 3.82. The van der Waals surface area contributed by atoms with Crippen LogP contribution in [-0.2, 0) is 10.0 Å². The Labute approximate surface area is 177 Å². The summed E-state index contributed by atoms with van der Waals surface area (Å²) in [5, 5.41) is 0.981. The molecule has 1 amide bonds. The summed E-state index contributed by atoms with van der Waals surface area (Å²) in [5.74, 6) is 0.433.